The van der Waals surface area contributed by atoms with Crippen LogP contribution in [0.3, 0.4) is 0 Å². The first-order valence-corrected chi connectivity index (χ1v) is 11.1. The number of piperidine rings is 1. The van der Waals surface area contributed by atoms with Crippen LogP contribution < -0.4 is 0 Å². The highest BCUT2D eigenvalue weighted by Crippen LogP contribution is 2.44. The Morgan fingerprint density at radius 2 is 1.90 bits per heavy atom. The van der Waals surface area contributed by atoms with Crippen LogP contribution in [0.4, 0.5) is 0 Å². The minimum atomic E-state index is 0.228. The number of likely N-dealkylation sites (tertiary alicyclic amines) is 1. The average Bonchev–Trinajstić information content (AvgIpc) is 3.37. The molecule has 1 saturated carbocycles. The Bertz CT molecular complexity index is 1100. The number of pyridine rings is 1. The van der Waals surface area contributed by atoms with E-state index in [1.54, 1.807) is 0 Å². The molecule has 5 heteroatoms. The van der Waals surface area contributed by atoms with Crippen LogP contribution in [0, 0.1) is 5.92 Å². The fourth-order valence-corrected chi connectivity index (χ4v) is 5.33. The molecule has 148 valence electrons. The summed E-state index contributed by atoms with van der Waals surface area (Å²) >= 11 is 6.75. The fourth-order valence-electron chi connectivity index (χ4n) is 5.07. The van der Waals surface area contributed by atoms with E-state index in [2.05, 4.69) is 68.2 Å². The lowest BCUT2D eigenvalue weighted by atomic mass is 9.74. The molecule has 2 aromatic heterocycles. The monoisotopic (exact) mass is 404 g/mol. The number of fused-ring (bicyclic) bond motifs is 3. The first-order chi connectivity index (χ1) is 14.2. The molecule has 3 aromatic rings. The average molecular weight is 405 g/mol. The van der Waals surface area contributed by atoms with E-state index in [4.69, 9.17) is 11.6 Å². The Hall–Kier alpha value is -2.17. The lowest BCUT2D eigenvalue weighted by Crippen LogP contribution is -2.40. The second-order valence-electron chi connectivity index (χ2n) is 8.97. The summed E-state index contributed by atoms with van der Waals surface area (Å²) in [6.07, 6.45) is 12.8. The van der Waals surface area contributed by atoms with Gasteiger partial charge < -0.3 is 0 Å². The van der Waals surface area contributed by atoms with Crippen molar-refractivity contribution >= 4 is 23.3 Å². The molecule has 1 spiro atoms. The Kier molecular flexibility index (Phi) is 4.07. The van der Waals surface area contributed by atoms with E-state index in [-0.39, 0.29) is 5.41 Å². The maximum atomic E-state index is 6.75. The number of hydrogen-bond acceptors (Lipinski definition) is 3. The summed E-state index contributed by atoms with van der Waals surface area (Å²) in [6, 6.07) is 11.0. The molecule has 0 N–H and O–H groups in total. The Morgan fingerprint density at radius 3 is 2.72 bits per heavy atom. The van der Waals surface area contributed by atoms with Gasteiger partial charge in [0.05, 0.1) is 5.02 Å². The topological polar surface area (TPSA) is 33.4 Å². The molecular formula is C24H25ClN4. The normalized spacial score (nSPS) is 20.6. The summed E-state index contributed by atoms with van der Waals surface area (Å²) in [4.78, 5) is 2.53. The first kappa shape index (κ1) is 17.7. The van der Waals surface area contributed by atoms with Crippen molar-refractivity contribution in [2.75, 3.05) is 13.1 Å². The smallest absolute Gasteiger partial charge is 0.179 e. The second kappa shape index (κ2) is 6.68. The van der Waals surface area contributed by atoms with E-state index >= 15 is 0 Å². The molecule has 6 rings (SSSR count). The van der Waals surface area contributed by atoms with E-state index in [0.29, 0.717) is 0 Å². The summed E-state index contributed by atoms with van der Waals surface area (Å²) in [7, 11) is 0. The highest BCUT2D eigenvalue weighted by molar-refractivity contribution is 6.34. The highest BCUT2D eigenvalue weighted by Gasteiger charge is 2.37. The van der Waals surface area contributed by atoms with Gasteiger partial charge in [-0.25, -0.2) is 0 Å². The van der Waals surface area contributed by atoms with Crippen molar-refractivity contribution in [1.82, 2.24) is 19.5 Å². The maximum absolute atomic E-state index is 6.75. The highest BCUT2D eigenvalue weighted by atomic mass is 35.5. The standard InChI is InChI=1S/C24H25ClN4/c25-22-19(8-12-29-21(15-17-5-6-17)26-27-23(22)29)16-28-13-10-24(11-14-28)9-7-18-3-1-2-4-20(18)24/h1-4,7-9,12,17H,5-6,10-11,13-16H2. The Labute approximate surface area is 176 Å². The van der Waals surface area contributed by atoms with Crippen LogP contribution in [-0.4, -0.2) is 32.6 Å². The molecule has 29 heavy (non-hydrogen) atoms. The van der Waals surface area contributed by atoms with Crippen molar-refractivity contribution < 1.29 is 0 Å². The van der Waals surface area contributed by atoms with Gasteiger partial charge in [-0.05, 0) is 67.4 Å². The largest absolute Gasteiger partial charge is 0.299 e. The summed E-state index contributed by atoms with van der Waals surface area (Å²) in [5, 5.41) is 9.55. The Balaban J connectivity index is 1.19. The summed E-state index contributed by atoms with van der Waals surface area (Å²) in [6.45, 7) is 3.04. The van der Waals surface area contributed by atoms with E-state index in [1.165, 1.54) is 24.0 Å². The van der Waals surface area contributed by atoms with Gasteiger partial charge in [0.25, 0.3) is 0 Å². The van der Waals surface area contributed by atoms with Crippen LogP contribution >= 0.6 is 11.6 Å². The van der Waals surface area contributed by atoms with Crippen LogP contribution in [0.1, 0.15) is 48.2 Å². The van der Waals surface area contributed by atoms with Gasteiger partial charge in [-0.2, -0.15) is 0 Å². The molecule has 1 aromatic carbocycles. The van der Waals surface area contributed by atoms with Crippen molar-refractivity contribution in [2.45, 2.75) is 44.1 Å². The molecule has 0 bridgehead atoms. The van der Waals surface area contributed by atoms with Gasteiger partial charge >= 0.3 is 0 Å². The molecule has 1 aliphatic heterocycles. The number of nitrogens with zero attached hydrogens (tertiary/aromatic N) is 4. The Morgan fingerprint density at radius 1 is 1.07 bits per heavy atom. The second-order valence-corrected chi connectivity index (χ2v) is 9.34. The molecule has 0 unspecified atom stereocenters. The predicted octanol–water partition coefficient (Wildman–Crippen LogP) is 4.90. The summed E-state index contributed by atoms with van der Waals surface area (Å²) < 4.78 is 2.08. The third kappa shape index (κ3) is 3.01. The number of halogens is 1. The van der Waals surface area contributed by atoms with Crippen molar-refractivity contribution in [3.63, 3.8) is 0 Å². The fraction of sp³-hybridized carbons (Fsp3) is 0.417. The molecule has 4 nitrogen and oxygen atoms in total. The van der Waals surface area contributed by atoms with Gasteiger partial charge in [0.15, 0.2) is 5.65 Å². The molecule has 3 heterocycles. The number of hydrogen-bond donors (Lipinski definition) is 0. The van der Waals surface area contributed by atoms with E-state index < -0.39 is 0 Å². The zero-order valence-corrected chi connectivity index (χ0v) is 17.3. The summed E-state index contributed by atoms with van der Waals surface area (Å²) in [5.41, 5.74) is 5.09. The zero-order valence-electron chi connectivity index (χ0n) is 16.5. The molecular weight excluding hydrogens is 380 g/mol. The van der Waals surface area contributed by atoms with Gasteiger partial charge in [-0.3, -0.25) is 9.30 Å². The first-order valence-electron chi connectivity index (χ1n) is 10.7. The van der Waals surface area contributed by atoms with Crippen LogP contribution in [-0.2, 0) is 18.4 Å². The lowest BCUT2D eigenvalue weighted by molar-refractivity contribution is 0.177. The van der Waals surface area contributed by atoms with Crippen molar-refractivity contribution in [2.24, 2.45) is 5.92 Å². The van der Waals surface area contributed by atoms with E-state index in [1.807, 2.05) is 0 Å². The molecule has 3 aliphatic rings. The predicted molar refractivity (Wildman–Crippen MR) is 116 cm³/mol. The van der Waals surface area contributed by atoms with Gasteiger partial charge in [0.1, 0.15) is 5.82 Å². The number of benzene rings is 1. The number of aromatic nitrogens is 3. The van der Waals surface area contributed by atoms with Gasteiger partial charge in [-0.15, -0.1) is 10.2 Å². The number of allylic oxidation sites excluding steroid dienone is 1. The van der Waals surface area contributed by atoms with Crippen LogP contribution in [0.5, 0.6) is 0 Å². The van der Waals surface area contributed by atoms with Gasteiger partial charge in [-0.1, -0.05) is 48.0 Å². The lowest BCUT2D eigenvalue weighted by Gasteiger charge is -2.39. The third-order valence-electron chi connectivity index (χ3n) is 7.06. The van der Waals surface area contributed by atoms with E-state index in [9.17, 15) is 0 Å². The van der Waals surface area contributed by atoms with Crippen molar-refractivity contribution in [3.05, 3.63) is 70.1 Å². The zero-order chi connectivity index (χ0) is 19.4. The molecule has 2 aliphatic carbocycles. The van der Waals surface area contributed by atoms with Crippen LogP contribution in [0.2, 0.25) is 5.02 Å². The van der Waals surface area contributed by atoms with Crippen LogP contribution in [0.25, 0.3) is 11.7 Å². The van der Waals surface area contributed by atoms with Crippen molar-refractivity contribution in [3.8, 4) is 0 Å². The van der Waals surface area contributed by atoms with Crippen LogP contribution in [0.15, 0.2) is 42.6 Å². The van der Waals surface area contributed by atoms with Gasteiger partial charge in [0, 0.05) is 24.6 Å². The quantitative estimate of drug-likeness (QED) is 0.620. The molecule has 1 saturated heterocycles. The van der Waals surface area contributed by atoms with Gasteiger partial charge in [0.2, 0.25) is 0 Å². The molecule has 2 fully saturated rings. The molecule has 0 atom stereocenters. The number of rotatable bonds is 4. The summed E-state index contributed by atoms with van der Waals surface area (Å²) in [5.74, 6) is 1.83. The minimum Gasteiger partial charge on any atom is -0.299 e. The van der Waals surface area contributed by atoms with E-state index in [0.717, 1.165) is 66.9 Å². The molecule has 0 amide bonds. The maximum Gasteiger partial charge on any atom is 0.179 e. The molecule has 0 radical (unpaired) electrons. The minimum absolute atomic E-state index is 0.228. The van der Waals surface area contributed by atoms with Crippen molar-refractivity contribution in [1.29, 1.82) is 0 Å². The third-order valence-corrected chi connectivity index (χ3v) is 7.47. The SMILES string of the molecule is Clc1c(CN2CCC3(C=Cc4ccccc43)CC2)ccn2c(CC3CC3)nnc12.